The average Bonchev–Trinajstić information content (AvgIpc) is 2.73. The van der Waals surface area contributed by atoms with E-state index >= 15 is 0 Å². The molecule has 1 N–H and O–H groups in total. The Morgan fingerprint density at radius 3 is 2.88 bits per heavy atom. The van der Waals surface area contributed by atoms with Crippen LogP contribution >= 0.6 is 27.3 Å². The summed E-state index contributed by atoms with van der Waals surface area (Å²) in [5.74, 6) is 0.507. The van der Waals surface area contributed by atoms with Gasteiger partial charge in [0.2, 0.25) is 0 Å². The predicted molar refractivity (Wildman–Crippen MR) is 76.0 cm³/mol. The van der Waals surface area contributed by atoms with Gasteiger partial charge in [-0.1, -0.05) is 29.3 Å². The number of rotatable bonds is 7. The molecule has 0 aliphatic carbocycles. The summed E-state index contributed by atoms with van der Waals surface area (Å²) >= 11 is 4.96. The number of nitrogens with one attached hydrogen (secondary N) is 1. The number of aromatic nitrogens is 1. The van der Waals surface area contributed by atoms with E-state index < -0.39 is 0 Å². The van der Waals surface area contributed by atoms with Crippen LogP contribution in [0.1, 0.15) is 41.7 Å². The minimum atomic E-state index is -0.0509. The van der Waals surface area contributed by atoms with Gasteiger partial charge < -0.3 is 5.32 Å². The van der Waals surface area contributed by atoms with E-state index in [2.05, 4.69) is 33.2 Å². The largest absolute Gasteiger partial charge is 0.350 e. The lowest BCUT2D eigenvalue weighted by Crippen LogP contribution is -2.29. The molecule has 5 heteroatoms. The lowest BCUT2D eigenvalue weighted by molar-refractivity contribution is 0.0941. The molecular formula is C12H19BrN2OS. The fourth-order valence-electron chi connectivity index (χ4n) is 1.71. The second-order valence-corrected chi connectivity index (χ2v) is 5.95. The highest BCUT2D eigenvalue weighted by Gasteiger charge is 2.12. The van der Waals surface area contributed by atoms with Gasteiger partial charge in [0.05, 0.1) is 5.01 Å². The van der Waals surface area contributed by atoms with Crippen LogP contribution in [0.5, 0.6) is 0 Å². The van der Waals surface area contributed by atoms with E-state index in [-0.39, 0.29) is 5.91 Å². The molecule has 1 aromatic heterocycles. The van der Waals surface area contributed by atoms with Gasteiger partial charge in [-0.2, -0.15) is 0 Å². The maximum atomic E-state index is 11.8. The first-order chi connectivity index (χ1) is 8.17. The minimum absolute atomic E-state index is 0.0509. The molecule has 0 saturated carbocycles. The first kappa shape index (κ1) is 14.6. The van der Waals surface area contributed by atoms with Crippen LogP contribution in [-0.2, 0) is 0 Å². The van der Waals surface area contributed by atoms with E-state index in [4.69, 9.17) is 0 Å². The number of thiazole rings is 1. The summed E-state index contributed by atoms with van der Waals surface area (Å²) in [5.41, 5.74) is 0.543. The van der Waals surface area contributed by atoms with Gasteiger partial charge in [-0.05, 0) is 25.7 Å². The predicted octanol–water partition coefficient (Wildman–Crippen LogP) is 3.38. The highest BCUT2D eigenvalue weighted by molar-refractivity contribution is 9.09. The van der Waals surface area contributed by atoms with Crippen molar-refractivity contribution >= 4 is 33.2 Å². The molecule has 1 rings (SSSR count). The monoisotopic (exact) mass is 318 g/mol. The molecule has 0 fully saturated rings. The summed E-state index contributed by atoms with van der Waals surface area (Å²) in [6.45, 7) is 4.83. The summed E-state index contributed by atoms with van der Waals surface area (Å²) < 4.78 is 0. The molecule has 0 aliphatic rings. The minimum Gasteiger partial charge on any atom is -0.350 e. The van der Waals surface area contributed by atoms with Crippen molar-refractivity contribution in [1.29, 1.82) is 0 Å². The second kappa shape index (κ2) is 7.82. The van der Waals surface area contributed by atoms with Crippen molar-refractivity contribution in [3.05, 3.63) is 16.1 Å². The fourth-order valence-corrected chi connectivity index (χ4v) is 2.95. The van der Waals surface area contributed by atoms with Crippen molar-refractivity contribution in [3.63, 3.8) is 0 Å². The highest BCUT2D eigenvalue weighted by Crippen LogP contribution is 2.12. The lowest BCUT2D eigenvalue weighted by atomic mass is 10.0. The number of carbonyl (C=O) groups excluding carboxylic acids is 1. The van der Waals surface area contributed by atoms with E-state index in [9.17, 15) is 4.79 Å². The number of nitrogens with zero attached hydrogens (tertiary/aromatic N) is 1. The Labute approximate surface area is 115 Å². The molecule has 1 aromatic rings. The van der Waals surface area contributed by atoms with Crippen molar-refractivity contribution in [2.45, 2.75) is 33.1 Å². The Hall–Kier alpha value is -0.420. The van der Waals surface area contributed by atoms with Crippen LogP contribution in [0.25, 0.3) is 0 Å². The van der Waals surface area contributed by atoms with E-state index in [0.717, 1.165) is 36.1 Å². The molecule has 0 radical (unpaired) electrons. The van der Waals surface area contributed by atoms with E-state index in [0.29, 0.717) is 11.6 Å². The van der Waals surface area contributed by atoms with Gasteiger partial charge >= 0.3 is 0 Å². The summed E-state index contributed by atoms with van der Waals surface area (Å²) in [6, 6.07) is 0. The summed E-state index contributed by atoms with van der Waals surface area (Å²) in [4.78, 5) is 16.0. The first-order valence-corrected chi connectivity index (χ1v) is 7.93. The van der Waals surface area contributed by atoms with E-state index in [1.165, 1.54) is 11.3 Å². The Bertz CT molecular complexity index is 348. The summed E-state index contributed by atoms with van der Waals surface area (Å²) in [6.07, 6.45) is 3.41. The first-order valence-electron chi connectivity index (χ1n) is 5.93. The summed E-state index contributed by atoms with van der Waals surface area (Å²) in [7, 11) is 0. The molecule has 3 nitrogen and oxygen atoms in total. The fraction of sp³-hybridized carbons (Fsp3) is 0.667. The average molecular weight is 319 g/mol. The van der Waals surface area contributed by atoms with Gasteiger partial charge in [-0.25, -0.2) is 4.98 Å². The Kier molecular flexibility index (Phi) is 6.73. The van der Waals surface area contributed by atoms with Crippen molar-refractivity contribution in [2.75, 3.05) is 11.9 Å². The van der Waals surface area contributed by atoms with Crippen LogP contribution in [0, 0.1) is 12.8 Å². The third-order valence-corrected chi connectivity index (χ3v) is 3.85. The quantitative estimate of drug-likeness (QED) is 0.783. The maximum Gasteiger partial charge on any atom is 0.270 e. The highest BCUT2D eigenvalue weighted by atomic mass is 79.9. The van der Waals surface area contributed by atoms with Crippen LogP contribution in [0.2, 0.25) is 0 Å². The third kappa shape index (κ3) is 5.17. The molecule has 0 aliphatic heterocycles. The van der Waals surface area contributed by atoms with Gasteiger partial charge in [0.25, 0.3) is 5.91 Å². The van der Waals surface area contributed by atoms with Gasteiger partial charge in [-0.3, -0.25) is 4.79 Å². The molecule has 17 heavy (non-hydrogen) atoms. The normalized spacial score (nSPS) is 12.4. The van der Waals surface area contributed by atoms with Gasteiger partial charge in [0.15, 0.2) is 0 Å². The molecule has 0 spiro atoms. The van der Waals surface area contributed by atoms with Gasteiger partial charge in [-0.15, -0.1) is 11.3 Å². The smallest absolute Gasteiger partial charge is 0.270 e. The number of carbonyl (C=O) groups is 1. The Morgan fingerprint density at radius 1 is 1.59 bits per heavy atom. The Morgan fingerprint density at radius 2 is 2.35 bits per heavy atom. The van der Waals surface area contributed by atoms with Crippen LogP contribution in [0.4, 0.5) is 0 Å². The van der Waals surface area contributed by atoms with Gasteiger partial charge in [0.1, 0.15) is 5.69 Å². The third-order valence-electron chi connectivity index (χ3n) is 2.62. The maximum absolute atomic E-state index is 11.8. The number of halogens is 1. The van der Waals surface area contributed by atoms with Crippen LogP contribution in [0.15, 0.2) is 5.38 Å². The molecule has 0 bridgehead atoms. The van der Waals surface area contributed by atoms with E-state index in [1.807, 2.05) is 12.3 Å². The van der Waals surface area contributed by atoms with Crippen LogP contribution in [-0.4, -0.2) is 22.8 Å². The Balaban J connectivity index is 2.40. The SMILES string of the molecule is CCCC(CCBr)CNC(=O)c1csc(C)n1. The molecule has 0 aromatic carbocycles. The van der Waals surface area contributed by atoms with E-state index in [1.54, 1.807) is 0 Å². The molecule has 1 unspecified atom stereocenters. The van der Waals surface area contributed by atoms with Crippen LogP contribution in [0.3, 0.4) is 0 Å². The van der Waals surface area contributed by atoms with Gasteiger partial charge in [0, 0.05) is 17.3 Å². The molecule has 96 valence electrons. The lowest BCUT2D eigenvalue weighted by Gasteiger charge is -2.14. The number of alkyl halides is 1. The zero-order chi connectivity index (χ0) is 12.7. The standard InChI is InChI=1S/C12H19BrN2OS/c1-3-4-10(5-6-13)7-14-12(16)11-8-17-9(2)15-11/h8,10H,3-7H2,1-2H3,(H,14,16). The number of aryl methyl sites for hydroxylation is 1. The molecule has 0 saturated heterocycles. The zero-order valence-corrected chi connectivity index (χ0v) is 12.7. The number of amides is 1. The molecule has 1 amide bonds. The topological polar surface area (TPSA) is 42.0 Å². The summed E-state index contributed by atoms with van der Waals surface area (Å²) in [5, 5.41) is 6.70. The molecule has 1 atom stereocenters. The van der Waals surface area contributed by atoms with Crippen molar-refractivity contribution in [2.24, 2.45) is 5.92 Å². The van der Waals surface area contributed by atoms with Crippen molar-refractivity contribution < 1.29 is 4.79 Å². The number of hydrogen-bond acceptors (Lipinski definition) is 3. The molecule has 1 heterocycles. The number of hydrogen-bond donors (Lipinski definition) is 1. The van der Waals surface area contributed by atoms with Crippen molar-refractivity contribution in [3.8, 4) is 0 Å². The van der Waals surface area contributed by atoms with Crippen molar-refractivity contribution in [1.82, 2.24) is 10.3 Å². The second-order valence-electron chi connectivity index (χ2n) is 4.09. The van der Waals surface area contributed by atoms with Crippen LogP contribution < -0.4 is 5.32 Å². The molecular weight excluding hydrogens is 300 g/mol. The zero-order valence-electron chi connectivity index (χ0n) is 10.3.